The molecule has 0 radical (unpaired) electrons. The van der Waals surface area contributed by atoms with Crippen molar-refractivity contribution in [1.29, 1.82) is 0 Å². The number of hydrogen-bond acceptors (Lipinski definition) is 3. The second-order valence-corrected chi connectivity index (χ2v) is 4.89. The topological polar surface area (TPSA) is 55.2 Å². The van der Waals surface area contributed by atoms with Crippen LogP contribution in [0, 0.1) is 17.0 Å². The van der Waals surface area contributed by atoms with Gasteiger partial charge in [0, 0.05) is 24.7 Å². The molecule has 4 heteroatoms. The van der Waals surface area contributed by atoms with Gasteiger partial charge in [0.05, 0.1) is 4.92 Å². The summed E-state index contributed by atoms with van der Waals surface area (Å²) in [5.74, 6) is 0. The molecule has 1 N–H and O–H groups in total. The molecule has 2 aromatic carbocycles. The van der Waals surface area contributed by atoms with Crippen LogP contribution in [0.15, 0.2) is 48.5 Å². The molecule has 0 amide bonds. The molecule has 0 aromatic heterocycles. The first-order valence-electron chi connectivity index (χ1n) is 6.60. The summed E-state index contributed by atoms with van der Waals surface area (Å²) < 4.78 is 0. The van der Waals surface area contributed by atoms with Crippen molar-refractivity contribution < 1.29 is 4.92 Å². The Bertz CT molecular complexity index is 611. The molecular weight excluding hydrogens is 252 g/mol. The summed E-state index contributed by atoms with van der Waals surface area (Å²) in [7, 11) is 0. The maximum atomic E-state index is 10.7. The van der Waals surface area contributed by atoms with Crippen molar-refractivity contribution in [3.8, 4) is 0 Å². The average Bonchev–Trinajstić information content (AvgIpc) is 2.45. The zero-order chi connectivity index (χ0) is 14.5. The maximum Gasteiger partial charge on any atom is 0.269 e. The quantitative estimate of drug-likeness (QED) is 0.665. The Kier molecular flexibility index (Phi) is 4.48. The van der Waals surface area contributed by atoms with Crippen molar-refractivity contribution in [3.05, 3.63) is 75.3 Å². The minimum atomic E-state index is -0.367. The van der Waals surface area contributed by atoms with Crippen LogP contribution in [0.5, 0.6) is 0 Å². The molecule has 4 nitrogen and oxygen atoms in total. The summed E-state index contributed by atoms with van der Waals surface area (Å²) in [4.78, 5) is 10.4. The van der Waals surface area contributed by atoms with Crippen molar-refractivity contribution >= 4 is 5.69 Å². The Morgan fingerprint density at radius 3 is 2.65 bits per heavy atom. The molecule has 20 heavy (non-hydrogen) atoms. The minimum absolute atomic E-state index is 0.132. The van der Waals surface area contributed by atoms with E-state index >= 15 is 0 Å². The lowest BCUT2D eigenvalue weighted by molar-refractivity contribution is -0.384. The number of hydrogen-bond donors (Lipinski definition) is 1. The molecule has 2 aromatic rings. The Labute approximate surface area is 118 Å². The van der Waals surface area contributed by atoms with Gasteiger partial charge in [-0.1, -0.05) is 36.4 Å². The number of nitrogens with zero attached hydrogens (tertiary/aromatic N) is 1. The zero-order valence-electron chi connectivity index (χ0n) is 11.7. The van der Waals surface area contributed by atoms with E-state index in [0.29, 0.717) is 6.54 Å². The smallest absolute Gasteiger partial charge is 0.269 e. The molecule has 1 unspecified atom stereocenters. The van der Waals surface area contributed by atoms with Gasteiger partial charge in [0.15, 0.2) is 0 Å². The van der Waals surface area contributed by atoms with E-state index in [1.165, 1.54) is 17.2 Å². The number of nitro groups is 1. The fourth-order valence-electron chi connectivity index (χ4n) is 2.23. The van der Waals surface area contributed by atoms with E-state index in [-0.39, 0.29) is 16.7 Å². The highest BCUT2D eigenvalue weighted by Crippen LogP contribution is 2.18. The molecule has 104 valence electrons. The molecule has 0 aliphatic carbocycles. The van der Waals surface area contributed by atoms with Crippen LogP contribution in [-0.4, -0.2) is 4.92 Å². The third-order valence-electron chi connectivity index (χ3n) is 3.39. The van der Waals surface area contributed by atoms with E-state index in [4.69, 9.17) is 0 Å². The van der Waals surface area contributed by atoms with Gasteiger partial charge in [0.1, 0.15) is 0 Å². The molecule has 0 saturated carbocycles. The first kappa shape index (κ1) is 14.2. The van der Waals surface area contributed by atoms with Crippen LogP contribution in [-0.2, 0) is 6.54 Å². The third-order valence-corrected chi connectivity index (χ3v) is 3.39. The number of nitro benzene ring substituents is 1. The summed E-state index contributed by atoms with van der Waals surface area (Å²) in [5.41, 5.74) is 3.54. The van der Waals surface area contributed by atoms with E-state index in [2.05, 4.69) is 31.3 Å². The van der Waals surface area contributed by atoms with Gasteiger partial charge in [-0.05, 0) is 30.5 Å². The van der Waals surface area contributed by atoms with Crippen molar-refractivity contribution in [2.45, 2.75) is 26.4 Å². The van der Waals surface area contributed by atoms with Crippen molar-refractivity contribution in [3.63, 3.8) is 0 Å². The van der Waals surface area contributed by atoms with Crippen LogP contribution in [0.3, 0.4) is 0 Å². The minimum Gasteiger partial charge on any atom is -0.306 e. The third kappa shape index (κ3) is 3.42. The summed E-state index contributed by atoms with van der Waals surface area (Å²) >= 11 is 0. The van der Waals surface area contributed by atoms with Gasteiger partial charge in [-0.3, -0.25) is 10.1 Å². The number of benzene rings is 2. The monoisotopic (exact) mass is 270 g/mol. The summed E-state index contributed by atoms with van der Waals surface area (Å²) in [5, 5.41) is 14.1. The maximum absolute atomic E-state index is 10.7. The van der Waals surface area contributed by atoms with E-state index in [0.717, 1.165) is 5.56 Å². The van der Waals surface area contributed by atoms with Gasteiger partial charge in [0.25, 0.3) is 5.69 Å². The van der Waals surface area contributed by atoms with E-state index < -0.39 is 0 Å². The van der Waals surface area contributed by atoms with Crippen LogP contribution in [0.25, 0.3) is 0 Å². The lowest BCUT2D eigenvalue weighted by atomic mass is 10.0. The Morgan fingerprint density at radius 1 is 1.20 bits per heavy atom. The lowest BCUT2D eigenvalue weighted by Crippen LogP contribution is -2.18. The van der Waals surface area contributed by atoms with Gasteiger partial charge >= 0.3 is 0 Å². The van der Waals surface area contributed by atoms with Gasteiger partial charge < -0.3 is 5.32 Å². The van der Waals surface area contributed by atoms with Crippen molar-refractivity contribution in [2.75, 3.05) is 0 Å². The van der Waals surface area contributed by atoms with Crippen molar-refractivity contribution in [1.82, 2.24) is 5.32 Å². The zero-order valence-corrected chi connectivity index (χ0v) is 11.7. The normalized spacial score (nSPS) is 12.1. The second kappa shape index (κ2) is 6.30. The molecule has 0 spiro atoms. The molecule has 2 rings (SSSR count). The summed E-state index contributed by atoms with van der Waals surface area (Å²) in [6.07, 6.45) is 0. The predicted octanol–water partition coefficient (Wildman–Crippen LogP) is 3.75. The van der Waals surface area contributed by atoms with E-state index in [1.54, 1.807) is 12.1 Å². The molecule has 0 saturated heterocycles. The van der Waals surface area contributed by atoms with E-state index in [9.17, 15) is 10.1 Å². The molecule has 1 atom stereocenters. The average molecular weight is 270 g/mol. The lowest BCUT2D eigenvalue weighted by Gasteiger charge is -2.16. The Morgan fingerprint density at radius 2 is 1.95 bits per heavy atom. The highest BCUT2D eigenvalue weighted by Gasteiger charge is 2.09. The molecular formula is C16H18N2O2. The van der Waals surface area contributed by atoms with Crippen LogP contribution < -0.4 is 5.32 Å². The first-order valence-corrected chi connectivity index (χ1v) is 6.60. The van der Waals surface area contributed by atoms with Gasteiger partial charge in [-0.15, -0.1) is 0 Å². The Hall–Kier alpha value is -2.20. The number of aryl methyl sites for hydroxylation is 1. The van der Waals surface area contributed by atoms with Gasteiger partial charge in [-0.25, -0.2) is 0 Å². The fraction of sp³-hybridized carbons (Fsp3) is 0.250. The van der Waals surface area contributed by atoms with Crippen LogP contribution in [0.4, 0.5) is 5.69 Å². The van der Waals surface area contributed by atoms with Crippen LogP contribution in [0.1, 0.15) is 29.7 Å². The summed E-state index contributed by atoms with van der Waals surface area (Å²) in [6.45, 7) is 4.79. The first-order chi connectivity index (χ1) is 9.58. The molecule has 0 aliphatic heterocycles. The van der Waals surface area contributed by atoms with Crippen molar-refractivity contribution in [2.24, 2.45) is 0 Å². The number of non-ortho nitro benzene ring substituents is 1. The van der Waals surface area contributed by atoms with Gasteiger partial charge in [-0.2, -0.15) is 0 Å². The van der Waals surface area contributed by atoms with Crippen LogP contribution >= 0.6 is 0 Å². The number of rotatable bonds is 5. The SMILES string of the molecule is Cc1ccccc1C(C)NCc1cccc([N+](=O)[O-])c1. The van der Waals surface area contributed by atoms with E-state index in [1.807, 2.05) is 18.2 Å². The second-order valence-electron chi connectivity index (χ2n) is 4.89. The number of nitrogens with one attached hydrogen (secondary N) is 1. The largest absolute Gasteiger partial charge is 0.306 e. The molecule has 0 aliphatic rings. The predicted molar refractivity (Wildman–Crippen MR) is 79.5 cm³/mol. The Balaban J connectivity index is 2.04. The van der Waals surface area contributed by atoms with Crippen LogP contribution in [0.2, 0.25) is 0 Å². The summed E-state index contributed by atoms with van der Waals surface area (Å²) in [6, 6.07) is 15.2. The fourth-order valence-corrected chi connectivity index (χ4v) is 2.23. The standard InChI is InChI=1S/C16H18N2O2/c1-12-6-3-4-9-16(12)13(2)17-11-14-7-5-8-15(10-14)18(19)20/h3-10,13,17H,11H2,1-2H3. The molecule has 0 bridgehead atoms. The van der Waals surface area contributed by atoms with Gasteiger partial charge in [0.2, 0.25) is 0 Å². The highest BCUT2D eigenvalue weighted by atomic mass is 16.6. The highest BCUT2D eigenvalue weighted by molar-refractivity contribution is 5.34. The molecule has 0 fully saturated rings. The molecule has 0 heterocycles.